The smallest absolute Gasteiger partial charge is 0.308 e. The lowest BCUT2D eigenvalue weighted by atomic mass is 9.97. The van der Waals surface area contributed by atoms with Gasteiger partial charge in [0, 0.05) is 43.3 Å². The summed E-state index contributed by atoms with van der Waals surface area (Å²) in [6.07, 6.45) is 2.34. The maximum absolute atomic E-state index is 12.1. The quantitative estimate of drug-likeness (QED) is 0.182. The molecule has 2 rings (SSSR count). The van der Waals surface area contributed by atoms with Gasteiger partial charge >= 0.3 is 5.97 Å². The number of piperidine rings is 1. The molecule has 1 aromatic carbocycles. The number of likely N-dealkylation sites (tertiary alicyclic amines) is 1. The summed E-state index contributed by atoms with van der Waals surface area (Å²) in [5.41, 5.74) is 0.649. The van der Waals surface area contributed by atoms with Gasteiger partial charge in [-0.15, -0.1) is 24.0 Å². The summed E-state index contributed by atoms with van der Waals surface area (Å²) in [6, 6.07) is 7.28. The van der Waals surface area contributed by atoms with Crippen molar-refractivity contribution in [2.75, 3.05) is 40.3 Å². The van der Waals surface area contributed by atoms with Gasteiger partial charge in [-0.1, -0.05) is 15.9 Å². The summed E-state index contributed by atoms with van der Waals surface area (Å²) >= 11 is 3.36. The number of halogens is 2. The molecule has 1 aliphatic heterocycles. The van der Waals surface area contributed by atoms with Crippen molar-refractivity contribution in [1.29, 1.82) is 0 Å². The summed E-state index contributed by atoms with van der Waals surface area (Å²) in [6.45, 7) is 2.85. The lowest BCUT2D eigenvalue weighted by Crippen LogP contribution is -2.47. The van der Waals surface area contributed by atoms with Gasteiger partial charge in [0.25, 0.3) is 5.91 Å². The fourth-order valence-corrected chi connectivity index (χ4v) is 3.28. The second-order valence-corrected chi connectivity index (χ2v) is 7.29. The first-order chi connectivity index (χ1) is 13.0. The van der Waals surface area contributed by atoms with Crippen molar-refractivity contribution >= 4 is 57.7 Å². The number of benzene rings is 1. The monoisotopic (exact) mass is 566 g/mol. The third kappa shape index (κ3) is 7.57. The van der Waals surface area contributed by atoms with Gasteiger partial charge in [-0.05, 0) is 43.5 Å². The molecule has 0 radical (unpaired) electrons. The standard InChI is InChI=1S/C19H27BrN4O3.HI/c1-21-19(24-12-8-15(9-13-24)18(26)27-2)23-11-3-10-22-17(25)14-4-6-16(20)7-5-14;/h4-7,15H,3,8-13H2,1-2H3,(H,21,23)(H,22,25);1H. The highest BCUT2D eigenvalue weighted by Gasteiger charge is 2.26. The molecular formula is C19H28BrIN4O3. The lowest BCUT2D eigenvalue weighted by molar-refractivity contribution is -0.146. The van der Waals surface area contributed by atoms with Gasteiger partial charge < -0.3 is 20.3 Å². The number of rotatable bonds is 6. The number of nitrogens with one attached hydrogen (secondary N) is 2. The van der Waals surface area contributed by atoms with E-state index in [0.29, 0.717) is 18.7 Å². The predicted octanol–water partition coefficient (Wildman–Crippen LogP) is 2.65. The number of hydrogen-bond donors (Lipinski definition) is 2. The van der Waals surface area contributed by atoms with Gasteiger partial charge in [0.15, 0.2) is 5.96 Å². The molecule has 0 spiro atoms. The van der Waals surface area contributed by atoms with Crippen LogP contribution < -0.4 is 10.6 Å². The van der Waals surface area contributed by atoms with E-state index in [2.05, 4.69) is 36.5 Å². The van der Waals surface area contributed by atoms with E-state index in [0.717, 1.165) is 42.8 Å². The Bertz CT molecular complexity index is 662. The summed E-state index contributed by atoms with van der Waals surface area (Å²) in [5, 5.41) is 6.24. The average Bonchev–Trinajstić information content (AvgIpc) is 2.70. The molecule has 7 nitrogen and oxygen atoms in total. The molecule has 0 atom stereocenters. The minimum absolute atomic E-state index is 0. The van der Waals surface area contributed by atoms with E-state index >= 15 is 0 Å². The van der Waals surface area contributed by atoms with Crippen LogP contribution in [0, 0.1) is 5.92 Å². The van der Waals surface area contributed by atoms with Crippen molar-refractivity contribution in [3.63, 3.8) is 0 Å². The molecule has 1 amide bonds. The predicted molar refractivity (Wildman–Crippen MR) is 124 cm³/mol. The Hall–Kier alpha value is -1.36. The summed E-state index contributed by atoms with van der Waals surface area (Å²) < 4.78 is 5.77. The Morgan fingerprint density at radius 1 is 1.18 bits per heavy atom. The lowest BCUT2D eigenvalue weighted by Gasteiger charge is -2.33. The SMILES string of the molecule is CN=C(NCCCNC(=O)c1ccc(Br)cc1)N1CCC(C(=O)OC)CC1.I. The molecule has 156 valence electrons. The molecule has 0 saturated carbocycles. The number of amides is 1. The zero-order valence-electron chi connectivity index (χ0n) is 16.2. The van der Waals surface area contributed by atoms with Crippen LogP contribution in [0.15, 0.2) is 33.7 Å². The highest BCUT2D eigenvalue weighted by atomic mass is 127. The number of methoxy groups -OCH3 is 1. The van der Waals surface area contributed by atoms with Crippen LogP contribution in [0.2, 0.25) is 0 Å². The van der Waals surface area contributed by atoms with Crippen molar-refractivity contribution in [1.82, 2.24) is 15.5 Å². The normalized spacial score (nSPS) is 14.8. The highest BCUT2D eigenvalue weighted by molar-refractivity contribution is 14.0. The second-order valence-electron chi connectivity index (χ2n) is 6.37. The van der Waals surface area contributed by atoms with E-state index in [1.165, 1.54) is 7.11 Å². The number of guanidine groups is 1. The third-order valence-corrected chi connectivity index (χ3v) is 5.10. The fraction of sp³-hybridized carbons (Fsp3) is 0.526. The maximum Gasteiger partial charge on any atom is 0.308 e. The first-order valence-electron chi connectivity index (χ1n) is 9.12. The van der Waals surface area contributed by atoms with Crippen LogP contribution in [-0.4, -0.2) is 63.1 Å². The molecule has 0 unspecified atom stereocenters. The molecule has 0 aliphatic carbocycles. The van der Waals surface area contributed by atoms with Gasteiger partial charge in [0.1, 0.15) is 0 Å². The molecule has 28 heavy (non-hydrogen) atoms. The van der Waals surface area contributed by atoms with Crippen LogP contribution in [0.25, 0.3) is 0 Å². The zero-order chi connectivity index (χ0) is 19.6. The van der Waals surface area contributed by atoms with E-state index < -0.39 is 0 Å². The van der Waals surface area contributed by atoms with Crippen molar-refractivity contribution in [2.45, 2.75) is 19.3 Å². The number of aliphatic imine (C=N–C) groups is 1. The first kappa shape index (κ1) is 24.7. The zero-order valence-corrected chi connectivity index (χ0v) is 20.2. The van der Waals surface area contributed by atoms with E-state index in [-0.39, 0.29) is 41.8 Å². The van der Waals surface area contributed by atoms with Crippen LogP contribution in [0.1, 0.15) is 29.6 Å². The van der Waals surface area contributed by atoms with Gasteiger partial charge in [0.2, 0.25) is 0 Å². The van der Waals surface area contributed by atoms with Crippen molar-refractivity contribution in [2.24, 2.45) is 10.9 Å². The molecule has 9 heteroatoms. The molecule has 1 aromatic rings. The van der Waals surface area contributed by atoms with E-state index in [4.69, 9.17) is 4.74 Å². The van der Waals surface area contributed by atoms with Gasteiger partial charge in [-0.2, -0.15) is 0 Å². The molecule has 1 aliphatic rings. The number of esters is 1. The number of hydrogen-bond acceptors (Lipinski definition) is 4. The van der Waals surface area contributed by atoms with Crippen LogP contribution in [-0.2, 0) is 9.53 Å². The van der Waals surface area contributed by atoms with Gasteiger partial charge in [-0.3, -0.25) is 14.6 Å². The second kappa shape index (κ2) is 13.0. The average molecular weight is 567 g/mol. The van der Waals surface area contributed by atoms with E-state index in [1.807, 2.05) is 12.1 Å². The van der Waals surface area contributed by atoms with E-state index in [9.17, 15) is 9.59 Å². The molecular weight excluding hydrogens is 539 g/mol. The minimum Gasteiger partial charge on any atom is -0.469 e. The maximum atomic E-state index is 12.1. The number of carbonyl (C=O) groups excluding carboxylic acids is 2. The summed E-state index contributed by atoms with van der Waals surface area (Å²) in [5.74, 6) is 0.617. The summed E-state index contributed by atoms with van der Waals surface area (Å²) in [7, 11) is 3.19. The number of carbonyl (C=O) groups is 2. The third-order valence-electron chi connectivity index (χ3n) is 4.57. The van der Waals surface area contributed by atoms with Crippen LogP contribution in [0.4, 0.5) is 0 Å². The molecule has 1 heterocycles. The van der Waals surface area contributed by atoms with Gasteiger partial charge in [0.05, 0.1) is 13.0 Å². The van der Waals surface area contributed by atoms with E-state index in [1.54, 1.807) is 19.2 Å². The Kier molecular flexibility index (Phi) is 11.4. The van der Waals surface area contributed by atoms with Crippen molar-refractivity contribution < 1.29 is 14.3 Å². The van der Waals surface area contributed by atoms with Crippen LogP contribution >= 0.6 is 39.9 Å². The highest BCUT2D eigenvalue weighted by Crippen LogP contribution is 2.18. The topological polar surface area (TPSA) is 83.0 Å². The Balaban J connectivity index is 0.00000392. The molecule has 1 saturated heterocycles. The molecule has 1 fully saturated rings. The minimum atomic E-state index is -0.126. The molecule has 2 N–H and O–H groups in total. The molecule has 0 aromatic heterocycles. The largest absolute Gasteiger partial charge is 0.469 e. The van der Waals surface area contributed by atoms with Gasteiger partial charge in [-0.25, -0.2) is 0 Å². The van der Waals surface area contributed by atoms with Crippen molar-refractivity contribution in [3.05, 3.63) is 34.3 Å². The Morgan fingerprint density at radius 2 is 1.79 bits per heavy atom. The first-order valence-corrected chi connectivity index (χ1v) is 9.91. The summed E-state index contributed by atoms with van der Waals surface area (Å²) in [4.78, 5) is 30.1. The Morgan fingerprint density at radius 3 is 2.36 bits per heavy atom. The fourth-order valence-electron chi connectivity index (χ4n) is 3.02. The molecule has 0 bridgehead atoms. The number of nitrogens with zero attached hydrogens (tertiary/aromatic N) is 2. The van der Waals surface area contributed by atoms with Crippen molar-refractivity contribution in [3.8, 4) is 0 Å². The van der Waals surface area contributed by atoms with Crippen LogP contribution in [0.3, 0.4) is 0 Å². The Labute approximate surface area is 191 Å². The number of ether oxygens (including phenoxy) is 1. The van der Waals surface area contributed by atoms with Crippen LogP contribution in [0.5, 0.6) is 0 Å².